The van der Waals surface area contributed by atoms with Gasteiger partial charge in [0.2, 0.25) is 0 Å². The van der Waals surface area contributed by atoms with Crippen molar-refractivity contribution in [3.63, 3.8) is 0 Å². The molecule has 1 N–H and O–H groups in total. The fourth-order valence-corrected chi connectivity index (χ4v) is 3.24. The summed E-state index contributed by atoms with van der Waals surface area (Å²) >= 11 is 0. The second-order valence-electron chi connectivity index (χ2n) is 7.67. The summed E-state index contributed by atoms with van der Waals surface area (Å²) in [6, 6.07) is 8.05. The predicted octanol–water partition coefficient (Wildman–Crippen LogP) is 4.57. The third-order valence-electron chi connectivity index (χ3n) is 4.46. The highest BCUT2D eigenvalue weighted by Gasteiger charge is 2.23. The number of aliphatic hydroxyl groups is 1. The average molecular weight is 318 g/mol. The number of carbonyl (C=O) groups excluding carboxylic acids is 1. The van der Waals surface area contributed by atoms with E-state index in [1.54, 1.807) is 0 Å². The minimum Gasteiger partial charge on any atom is -0.460 e. The molecule has 1 fully saturated rings. The third-order valence-corrected chi connectivity index (χ3v) is 4.46. The van der Waals surface area contributed by atoms with Gasteiger partial charge < -0.3 is 9.84 Å². The van der Waals surface area contributed by atoms with E-state index in [0.29, 0.717) is 18.8 Å². The van der Waals surface area contributed by atoms with Crippen LogP contribution in [0.25, 0.3) is 0 Å². The van der Waals surface area contributed by atoms with E-state index in [2.05, 4.69) is 0 Å². The number of ether oxygens (including phenoxy) is 1. The average Bonchev–Trinajstić information content (AvgIpc) is 2.52. The zero-order valence-corrected chi connectivity index (χ0v) is 14.7. The van der Waals surface area contributed by atoms with Crippen molar-refractivity contribution < 1.29 is 14.6 Å². The molecular formula is C20H30O3. The third kappa shape index (κ3) is 5.98. The van der Waals surface area contributed by atoms with Gasteiger partial charge >= 0.3 is 5.97 Å². The molecule has 0 spiro atoms. The minimum atomic E-state index is -0.426. The summed E-state index contributed by atoms with van der Waals surface area (Å²) in [5, 5.41) is 10.5. The molecule has 2 rings (SSSR count). The van der Waals surface area contributed by atoms with Crippen molar-refractivity contribution in [1.29, 1.82) is 0 Å². The Morgan fingerprint density at radius 2 is 1.78 bits per heavy atom. The Kier molecular flexibility index (Phi) is 6.23. The molecule has 1 aliphatic rings. The summed E-state index contributed by atoms with van der Waals surface area (Å²) in [4.78, 5) is 11.8. The van der Waals surface area contributed by atoms with E-state index in [9.17, 15) is 9.90 Å². The summed E-state index contributed by atoms with van der Waals surface area (Å²) in [5.41, 5.74) is 1.68. The lowest BCUT2D eigenvalue weighted by Crippen LogP contribution is -2.24. The largest absolute Gasteiger partial charge is 0.460 e. The molecule has 23 heavy (non-hydrogen) atoms. The van der Waals surface area contributed by atoms with Gasteiger partial charge in [0.25, 0.3) is 0 Å². The van der Waals surface area contributed by atoms with Gasteiger partial charge in [-0.05, 0) is 57.1 Å². The van der Waals surface area contributed by atoms with Crippen LogP contribution in [0.1, 0.15) is 76.5 Å². The quantitative estimate of drug-likeness (QED) is 0.809. The molecule has 1 aliphatic carbocycles. The number of hydrogen-bond acceptors (Lipinski definition) is 3. The van der Waals surface area contributed by atoms with Crippen molar-refractivity contribution in [1.82, 2.24) is 0 Å². The lowest BCUT2D eigenvalue weighted by atomic mass is 9.82. The Labute approximate surface area is 140 Å². The van der Waals surface area contributed by atoms with Gasteiger partial charge in [-0.2, -0.15) is 0 Å². The van der Waals surface area contributed by atoms with Crippen molar-refractivity contribution in [2.75, 3.05) is 0 Å². The normalized spacial score (nSPS) is 17.7. The molecule has 128 valence electrons. The maximum Gasteiger partial charge on any atom is 0.306 e. The fourth-order valence-electron chi connectivity index (χ4n) is 3.24. The van der Waals surface area contributed by atoms with E-state index in [-0.39, 0.29) is 12.1 Å². The van der Waals surface area contributed by atoms with Crippen LogP contribution in [0.5, 0.6) is 0 Å². The number of aryl methyl sites for hydroxylation is 1. The van der Waals surface area contributed by atoms with Crippen LogP contribution >= 0.6 is 0 Å². The molecule has 0 aliphatic heterocycles. The van der Waals surface area contributed by atoms with Crippen molar-refractivity contribution >= 4 is 5.97 Å². The Bertz CT molecular complexity index is 493. The second kappa shape index (κ2) is 7.96. The lowest BCUT2D eigenvalue weighted by molar-refractivity contribution is -0.154. The van der Waals surface area contributed by atoms with Crippen LogP contribution in [0.3, 0.4) is 0 Å². The summed E-state index contributed by atoms with van der Waals surface area (Å²) < 4.78 is 5.32. The Hall–Kier alpha value is -1.35. The van der Waals surface area contributed by atoms with Gasteiger partial charge in [0, 0.05) is 6.42 Å². The number of esters is 1. The smallest absolute Gasteiger partial charge is 0.306 e. The van der Waals surface area contributed by atoms with Crippen LogP contribution in [0.4, 0.5) is 0 Å². The number of aliphatic hydroxyl groups excluding tert-OH is 1. The van der Waals surface area contributed by atoms with E-state index >= 15 is 0 Å². The maximum absolute atomic E-state index is 11.8. The first-order valence-corrected chi connectivity index (χ1v) is 8.84. The SMILES string of the molecule is CC(C)(C)OC(=O)CCc1ccc(C(O)C2CCCCC2)cc1. The van der Waals surface area contributed by atoms with Gasteiger partial charge in [0.05, 0.1) is 6.10 Å². The molecule has 0 aromatic heterocycles. The lowest BCUT2D eigenvalue weighted by Gasteiger charge is -2.26. The standard InChI is InChI=1S/C20H30O3/c1-20(2,3)23-18(21)14-11-15-9-12-17(13-10-15)19(22)16-7-5-4-6-8-16/h9-10,12-13,16,19,22H,4-8,11,14H2,1-3H3. The zero-order valence-electron chi connectivity index (χ0n) is 14.7. The van der Waals surface area contributed by atoms with Gasteiger partial charge in [0.15, 0.2) is 0 Å². The first-order valence-electron chi connectivity index (χ1n) is 8.84. The number of rotatable bonds is 5. The number of carbonyl (C=O) groups is 1. The summed E-state index contributed by atoms with van der Waals surface area (Å²) in [7, 11) is 0. The first-order chi connectivity index (χ1) is 10.8. The topological polar surface area (TPSA) is 46.5 Å². The summed E-state index contributed by atoms with van der Waals surface area (Å²) in [5.74, 6) is 0.236. The van der Waals surface area contributed by atoms with Crippen LogP contribution < -0.4 is 0 Å². The first kappa shape index (κ1) is 18.0. The highest BCUT2D eigenvalue weighted by Crippen LogP contribution is 2.34. The van der Waals surface area contributed by atoms with E-state index in [1.165, 1.54) is 19.3 Å². The minimum absolute atomic E-state index is 0.163. The molecule has 0 heterocycles. The maximum atomic E-state index is 11.8. The molecule has 1 aromatic carbocycles. The molecule has 1 aromatic rings. The number of hydrogen-bond donors (Lipinski definition) is 1. The second-order valence-corrected chi connectivity index (χ2v) is 7.67. The molecule has 0 saturated heterocycles. The highest BCUT2D eigenvalue weighted by molar-refractivity contribution is 5.70. The van der Waals surface area contributed by atoms with Crippen molar-refractivity contribution in [3.8, 4) is 0 Å². The van der Waals surface area contributed by atoms with Gasteiger partial charge in [-0.3, -0.25) is 4.79 Å². The Balaban J connectivity index is 1.85. The fraction of sp³-hybridized carbons (Fsp3) is 0.650. The molecule has 0 amide bonds. The summed E-state index contributed by atoms with van der Waals surface area (Å²) in [6.45, 7) is 5.64. The molecular weight excluding hydrogens is 288 g/mol. The molecule has 0 radical (unpaired) electrons. The Morgan fingerprint density at radius 3 is 2.35 bits per heavy atom. The van der Waals surface area contributed by atoms with Crippen LogP contribution in [0, 0.1) is 5.92 Å². The molecule has 0 bridgehead atoms. The highest BCUT2D eigenvalue weighted by atomic mass is 16.6. The Morgan fingerprint density at radius 1 is 1.17 bits per heavy atom. The van der Waals surface area contributed by atoms with Crippen molar-refractivity contribution in [3.05, 3.63) is 35.4 Å². The molecule has 1 unspecified atom stereocenters. The zero-order chi connectivity index (χ0) is 16.9. The van der Waals surface area contributed by atoms with E-state index < -0.39 is 5.60 Å². The monoisotopic (exact) mass is 318 g/mol. The van der Waals surface area contributed by atoms with Gasteiger partial charge in [-0.25, -0.2) is 0 Å². The van der Waals surface area contributed by atoms with Crippen molar-refractivity contribution in [2.24, 2.45) is 5.92 Å². The van der Waals surface area contributed by atoms with Gasteiger partial charge in [-0.15, -0.1) is 0 Å². The molecule has 3 heteroatoms. The van der Waals surface area contributed by atoms with E-state index in [4.69, 9.17) is 4.74 Å². The van der Waals surface area contributed by atoms with Gasteiger partial charge in [-0.1, -0.05) is 43.5 Å². The molecule has 1 atom stereocenters. The van der Waals surface area contributed by atoms with Crippen LogP contribution in [-0.4, -0.2) is 16.7 Å². The van der Waals surface area contributed by atoms with Crippen LogP contribution in [0.2, 0.25) is 0 Å². The molecule has 1 saturated carbocycles. The van der Waals surface area contributed by atoms with Crippen LogP contribution in [0.15, 0.2) is 24.3 Å². The molecule has 3 nitrogen and oxygen atoms in total. The van der Waals surface area contributed by atoms with E-state index in [0.717, 1.165) is 24.0 Å². The number of benzene rings is 1. The van der Waals surface area contributed by atoms with Crippen molar-refractivity contribution in [2.45, 2.75) is 77.4 Å². The van der Waals surface area contributed by atoms with Crippen LogP contribution in [-0.2, 0) is 16.0 Å². The summed E-state index contributed by atoms with van der Waals surface area (Å²) in [6.07, 6.45) is 6.73. The predicted molar refractivity (Wildman–Crippen MR) is 92.1 cm³/mol. The van der Waals surface area contributed by atoms with E-state index in [1.807, 2.05) is 45.0 Å². The van der Waals surface area contributed by atoms with Gasteiger partial charge in [0.1, 0.15) is 5.60 Å².